The molecule has 1 unspecified atom stereocenters. The van der Waals surface area contributed by atoms with Crippen molar-refractivity contribution in [1.29, 1.82) is 0 Å². The maximum atomic E-state index is 13.5. The van der Waals surface area contributed by atoms with Gasteiger partial charge in [0.05, 0.1) is 11.3 Å². The van der Waals surface area contributed by atoms with Crippen molar-refractivity contribution in [3.05, 3.63) is 101 Å². The third-order valence-corrected chi connectivity index (χ3v) is 4.95. The van der Waals surface area contributed by atoms with E-state index < -0.39 is 28.8 Å². The van der Waals surface area contributed by atoms with Crippen molar-refractivity contribution < 1.29 is 22.8 Å². The van der Waals surface area contributed by atoms with Crippen LogP contribution in [-0.4, -0.2) is 11.7 Å². The highest BCUT2D eigenvalue weighted by Gasteiger charge is 2.52. The number of ketones is 1. The lowest BCUT2D eigenvalue weighted by Crippen LogP contribution is -2.51. The third-order valence-electron chi connectivity index (χ3n) is 4.95. The molecular weight excluding hydrogens is 367 g/mol. The van der Waals surface area contributed by atoms with E-state index in [0.29, 0.717) is 16.8 Å². The first-order valence-corrected chi connectivity index (χ1v) is 8.53. The van der Waals surface area contributed by atoms with Gasteiger partial charge in [0.25, 0.3) is 0 Å². The minimum atomic E-state index is -4.51. The Labute approximate surface area is 158 Å². The highest BCUT2D eigenvalue weighted by atomic mass is 19.4. The second-order valence-corrected chi connectivity index (χ2v) is 6.52. The molecule has 1 atom stereocenters. The molecule has 0 spiro atoms. The Bertz CT molecular complexity index is 1060. The number of anilines is 1. The van der Waals surface area contributed by atoms with Crippen LogP contribution in [0.4, 0.5) is 18.9 Å². The molecule has 3 aromatic carbocycles. The van der Waals surface area contributed by atoms with Crippen molar-refractivity contribution in [2.24, 2.45) is 0 Å². The summed E-state index contributed by atoms with van der Waals surface area (Å²) in [5.41, 5.74) is -1.33. The van der Waals surface area contributed by atoms with Gasteiger partial charge < -0.3 is 5.32 Å². The first-order chi connectivity index (χ1) is 13.3. The summed E-state index contributed by atoms with van der Waals surface area (Å²) in [6.07, 6.45) is -4.51. The van der Waals surface area contributed by atoms with Crippen LogP contribution in [0.2, 0.25) is 0 Å². The molecule has 1 N–H and O–H groups in total. The fraction of sp³-hybridized carbons (Fsp3) is 0.0909. The zero-order valence-electron chi connectivity index (χ0n) is 14.5. The molecule has 0 radical (unpaired) electrons. The zero-order chi connectivity index (χ0) is 19.9. The lowest BCUT2D eigenvalue weighted by molar-refractivity contribution is -0.137. The molecule has 28 heavy (non-hydrogen) atoms. The average molecular weight is 381 g/mol. The molecule has 3 nitrogen and oxygen atoms in total. The predicted molar refractivity (Wildman–Crippen MR) is 98.1 cm³/mol. The average Bonchev–Trinajstić information content (AvgIpc) is 2.69. The van der Waals surface area contributed by atoms with Gasteiger partial charge in [-0.15, -0.1) is 0 Å². The fourth-order valence-corrected chi connectivity index (χ4v) is 3.60. The molecule has 0 aliphatic carbocycles. The molecular formula is C22H14F3NO2. The van der Waals surface area contributed by atoms with Crippen LogP contribution < -0.4 is 5.32 Å². The normalized spacial score (nSPS) is 19.1. The summed E-state index contributed by atoms with van der Waals surface area (Å²) in [5, 5.41) is 2.74. The minimum Gasteiger partial charge on any atom is -0.324 e. The van der Waals surface area contributed by atoms with Crippen molar-refractivity contribution in [3.8, 4) is 0 Å². The molecule has 1 aliphatic heterocycles. The Morgan fingerprint density at radius 1 is 0.714 bits per heavy atom. The van der Waals surface area contributed by atoms with Gasteiger partial charge in [-0.05, 0) is 35.4 Å². The number of hydrogen-bond acceptors (Lipinski definition) is 2. The number of para-hydroxylation sites is 1. The lowest BCUT2D eigenvalue weighted by atomic mass is 9.67. The van der Waals surface area contributed by atoms with Crippen molar-refractivity contribution in [2.45, 2.75) is 11.6 Å². The number of hydrogen-bond donors (Lipinski definition) is 1. The Hall–Kier alpha value is -3.41. The van der Waals surface area contributed by atoms with E-state index in [9.17, 15) is 22.8 Å². The summed E-state index contributed by atoms with van der Waals surface area (Å²) >= 11 is 0. The number of rotatable bonds is 2. The van der Waals surface area contributed by atoms with Crippen LogP contribution in [0.5, 0.6) is 0 Å². The zero-order valence-corrected chi connectivity index (χ0v) is 14.5. The van der Waals surface area contributed by atoms with Crippen LogP contribution in [0.25, 0.3) is 0 Å². The predicted octanol–water partition coefficient (Wildman–Crippen LogP) is 4.83. The molecule has 0 bridgehead atoms. The van der Waals surface area contributed by atoms with Crippen LogP contribution >= 0.6 is 0 Å². The quantitative estimate of drug-likeness (QED) is 0.647. The number of nitrogens with one attached hydrogen (secondary N) is 1. The van der Waals surface area contributed by atoms with Crippen LogP contribution in [0.15, 0.2) is 78.9 Å². The standard InChI is InChI=1S/C22H14F3NO2/c23-22(24,25)16-12-10-15(11-13-16)21(14-6-2-1-3-7-14)19(27)17-8-4-5-9-18(17)26-20(21)28/h1-13H,(H,26,28). The van der Waals surface area contributed by atoms with Gasteiger partial charge in [0, 0.05) is 5.56 Å². The fourth-order valence-electron chi connectivity index (χ4n) is 3.60. The number of carbonyl (C=O) groups excluding carboxylic acids is 2. The van der Waals surface area contributed by atoms with Crippen molar-refractivity contribution >= 4 is 17.4 Å². The Morgan fingerprint density at radius 3 is 1.93 bits per heavy atom. The number of amides is 1. The molecule has 0 aromatic heterocycles. The number of alkyl halides is 3. The Kier molecular flexibility index (Phi) is 4.07. The summed E-state index contributed by atoms with van der Waals surface area (Å²) in [6.45, 7) is 0. The van der Waals surface area contributed by atoms with Crippen LogP contribution in [0, 0.1) is 0 Å². The number of halogens is 3. The molecule has 1 aliphatic rings. The summed E-state index contributed by atoms with van der Waals surface area (Å²) in [6, 6.07) is 19.1. The topological polar surface area (TPSA) is 46.2 Å². The highest BCUT2D eigenvalue weighted by Crippen LogP contribution is 2.42. The van der Waals surface area contributed by atoms with Gasteiger partial charge in [-0.3, -0.25) is 9.59 Å². The maximum Gasteiger partial charge on any atom is 0.416 e. The van der Waals surface area contributed by atoms with Crippen LogP contribution in [-0.2, 0) is 16.4 Å². The smallest absolute Gasteiger partial charge is 0.324 e. The third kappa shape index (κ3) is 2.60. The van der Waals surface area contributed by atoms with E-state index in [-0.39, 0.29) is 5.56 Å². The molecule has 1 heterocycles. The summed E-state index contributed by atoms with van der Waals surface area (Å²) in [7, 11) is 0. The molecule has 6 heteroatoms. The summed E-state index contributed by atoms with van der Waals surface area (Å²) in [4.78, 5) is 26.8. The van der Waals surface area contributed by atoms with Crippen molar-refractivity contribution in [1.82, 2.24) is 0 Å². The molecule has 1 amide bonds. The van der Waals surface area contributed by atoms with E-state index in [1.165, 1.54) is 12.1 Å². The van der Waals surface area contributed by atoms with Gasteiger partial charge in [0.1, 0.15) is 0 Å². The van der Waals surface area contributed by atoms with Gasteiger partial charge in [-0.25, -0.2) is 0 Å². The van der Waals surface area contributed by atoms with Crippen LogP contribution in [0.1, 0.15) is 27.0 Å². The van der Waals surface area contributed by atoms with Gasteiger partial charge >= 0.3 is 6.18 Å². The maximum absolute atomic E-state index is 13.5. The number of benzene rings is 3. The van der Waals surface area contributed by atoms with E-state index in [4.69, 9.17) is 0 Å². The van der Waals surface area contributed by atoms with E-state index >= 15 is 0 Å². The summed E-state index contributed by atoms with van der Waals surface area (Å²) in [5.74, 6) is -1.07. The van der Waals surface area contributed by atoms with Gasteiger partial charge in [-0.2, -0.15) is 13.2 Å². The Morgan fingerprint density at radius 2 is 1.29 bits per heavy atom. The number of Topliss-reactive ketones (excluding diaryl/α,β-unsaturated/α-hetero) is 1. The monoisotopic (exact) mass is 381 g/mol. The van der Waals surface area contributed by atoms with Crippen molar-refractivity contribution in [3.63, 3.8) is 0 Å². The Balaban J connectivity index is 1.98. The molecule has 0 saturated heterocycles. The van der Waals surface area contributed by atoms with Gasteiger partial charge in [0.15, 0.2) is 11.2 Å². The van der Waals surface area contributed by atoms with Crippen molar-refractivity contribution in [2.75, 3.05) is 5.32 Å². The first kappa shape index (κ1) is 18.0. The SMILES string of the molecule is O=C1Nc2ccccc2C(=O)C1(c1ccccc1)c1ccc(C(F)(F)F)cc1. The first-order valence-electron chi connectivity index (χ1n) is 8.53. The molecule has 140 valence electrons. The molecule has 4 rings (SSSR count). The van der Waals surface area contributed by atoms with E-state index in [1.54, 1.807) is 54.6 Å². The van der Waals surface area contributed by atoms with Crippen LogP contribution in [0.3, 0.4) is 0 Å². The van der Waals surface area contributed by atoms with E-state index in [1.807, 2.05) is 0 Å². The second kappa shape index (κ2) is 6.34. The number of carbonyl (C=O) groups is 2. The second-order valence-electron chi connectivity index (χ2n) is 6.52. The molecule has 0 fully saturated rings. The highest BCUT2D eigenvalue weighted by molar-refractivity contribution is 6.29. The minimum absolute atomic E-state index is 0.184. The van der Waals surface area contributed by atoms with Gasteiger partial charge in [-0.1, -0.05) is 54.6 Å². The molecule has 3 aromatic rings. The molecule has 0 saturated carbocycles. The largest absolute Gasteiger partial charge is 0.416 e. The summed E-state index contributed by atoms with van der Waals surface area (Å²) < 4.78 is 39.0. The van der Waals surface area contributed by atoms with Gasteiger partial charge in [0.2, 0.25) is 5.91 Å². The lowest BCUT2D eigenvalue weighted by Gasteiger charge is -2.36. The number of fused-ring (bicyclic) bond motifs is 1. The van der Waals surface area contributed by atoms with E-state index in [2.05, 4.69) is 5.32 Å². The van der Waals surface area contributed by atoms with E-state index in [0.717, 1.165) is 12.1 Å².